The van der Waals surface area contributed by atoms with Crippen molar-refractivity contribution in [2.45, 2.75) is 45.1 Å². The van der Waals surface area contributed by atoms with Gasteiger partial charge in [0.2, 0.25) is 0 Å². The second kappa shape index (κ2) is 8.90. The summed E-state index contributed by atoms with van der Waals surface area (Å²) in [5.74, 6) is 0.220. The summed E-state index contributed by atoms with van der Waals surface area (Å²) in [6.07, 6.45) is 0.839. The SMILES string of the molecule is CCC(C)NC(=O)COc1ccc(S(=O)(=O)Nc2cc(C)ccc2C)cc1. The highest BCUT2D eigenvalue weighted by Crippen LogP contribution is 2.22. The molecule has 2 rings (SSSR count). The van der Waals surface area contributed by atoms with Crippen molar-refractivity contribution in [1.82, 2.24) is 5.32 Å². The Bertz CT molecular complexity index is 893. The molecule has 2 aromatic carbocycles. The third kappa shape index (κ3) is 5.99. The molecule has 0 saturated carbocycles. The van der Waals surface area contributed by atoms with Crippen LogP contribution >= 0.6 is 0 Å². The van der Waals surface area contributed by atoms with Gasteiger partial charge in [0.1, 0.15) is 5.75 Å². The largest absolute Gasteiger partial charge is 0.484 e. The number of rotatable bonds is 8. The summed E-state index contributed by atoms with van der Waals surface area (Å²) in [5, 5.41) is 2.80. The van der Waals surface area contributed by atoms with Crippen LogP contribution in [0.2, 0.25) is 0 Å². The molecule has 0 bridgehead atoms. The molecule has 0 aliphatic rings. The van der Waals surface area contributed by atoms with Gasteiger partial charge in [0.05, 0.1) is 10.6 Å². The minimum absolute atomic E-state index is 0.0878. The number of anilines is 1. The third-order valence-electron chi connectivity index (χ3n) is 4.16. The Balaban J connectivity index is 2.03. The van der Waals surface area contributed by atoms with Crippen LogP contribution in [0.4, 0.5) is 5.69 Å². The number of hydrogen-bond acceptors (Lipinski definition) is 4. The van der Waals surface area contributed by atoms with E-state index in [4.69, 9.17) is 4.74 Å². The van der Waals surface area contributed by atoms with Gasteiger partial charge in [0, 0.05) is 6.04 Å². The zero-order chi connectivity index (χ0) is 20.0. The molecule has 27 heavy (non-hydrogen) atoms. The number of benzene rings is 2. The van der Waals surface area contributed by atoms with Gasteiger partial charge < -0.3 is 10.1 Å². The average Bonchev–Trinajstić information content (AvgIpc) is 2.63. The molecule has 146 valence electrons. The molecule has 6 nitrogen and oxygen atoms in total. The molecule has 0 radical (unpaired) electrons. The zero-order valence-electron chi connectivity index (χ0n) is 16.1. The van der Waals surface area contributed by atoms with Crippen LogP contribution in [0, 0.1) is 13.8 Å². The lowest BCUT2D eigenvalue weighted by Crippen LogP contribution is -2.35. The first-order valence-corrected chi connectivity index (χ1v) is 10.3. The maximum atomic E-state index is 12.6. The molecule has 0 saturated heterocycles. The van der Waals surface area contributed by atoms with Crippen molar-refractivity contribution in [2.75, 3.05) is 11.3 Å². The Morgan fingerprint density at radius 2 is 1.78 bits per heavy atom. The van der Waals surface area contributed by atoms with E-state index in [0.717, 1.165) is 17.5 Å². The van der Waals surface area contributed by atoms with Crippen LogP contribution in [0.25, 0.3) is 0 Å². The van der Waals surface area contributed by atoms with Crippen molar-refractivity contribution >= 4 is 21.6 Å². The Morgan fingerprint density at radius 3 is 2.41 bits per heavy atom. The van der Waals surface area contributed by atoms with E-state index >= 15 is 0 Å². The van der Waals surface area contributed by atoms with E-state index in [2.05, 4.69) is 10.0 Å². The zero-order valence-corrected chi connectivity index (χ0v) is 16.9. The fourth-order valence-electron chi connectivity index (χ4n) is 2.33. The summed E-state index contributed by atoms with van der Waals surface area (Å²) < 4.78 is 33.2. The predicted molar refractivity (Wildman–Crippen MR) is 107 cm³/mol. The van der Waals surface area contributed by atoms with Crippen LogP contribution in [0.3, 0.4) is 0 Å². The summed E-state index contributed by atoms with van der Waals surface area (Å²) in [7, 11) is -3.70. The lowest BCUT2D eigenvalue weighted by Gasteiger charge is -2.13. The molecular weight excluding hydrogens is 364 g/mol. The molecular formula is C20H26N2O4S. The molecule has 7 heteroatoms. The normalized spacial score (nSPS) is 12.3. The molecule has 1 atom stereocenters. The highest BCUT2D eigenvalue weighted by molar-refractivity contribution is 7.92. The van der Waals surface area contributed by atoms with E-state index in [1.54, 1.807) is 6.07 Å². The predicted octanol–water partition coefficient (Wildman–Crippen LogP) is 3.40. The van der Waals surface area contributed by atoms with Crippen LogP contribution in [-0.4, -0.2) is 27.0 Å². The van der Waals surface area contributed by atoms with Crippen molar-refractivity contribution in [1.29, 1.82) is 0 Å². The minimum Gasteiger partial charge on any atom is -0.484 e. The average molecular weight is 391 g/mol. The summed E-state index contributed by atoms with van der Waals surface area (Å²) in [4.78, 5) is 11.9. The number of amides is 1. The number of aryl methyl sites for hydroxylation is 2. The van der Waals surface area contributed by atoms with Crippen LogP contribution in [0.15, 0.2) is 47.4 Å². The number of nitrogens with one attached hydrogen (secondary N) is 2. The highest BCUT2D eigenvalue weighted by atomic mass is 32.2. The molecule has 0 aliphatic carbocycles. The Labute approximate surface area is 161 Å². The Morgan fingerprint density at radius 1 is 1.11 bits per heavy atom. The van der Waals surface area contributed by atoms with Crippen molar-refractivity contribution < 1.29 is 17.9 Å². The van der Waals surface area contributed by atoms with Gasteiger partial charge in [-0.1, -0.05) is 19.1 Å². The second-order valence-corrected chi connectivity index (χ2v) is 8.24. The molecule has 0 aliphatic heterocycles. The van der Waals surface area contributed by atoms with E-state index in [0.29, 0.717) is 11.4 Å². The fourth-order valence-corrected chi connectivity index (χ4v) is 3.45. The van der Waals surface area contributed by atoms with Gasteiger partial charge in [-0.05, 0) is 68.7 Å². The summed E-state index contributed by atoms with van der Waals surface area (Å²) in [6, 6.07) is 11.7. The molecule has 2 aromatic rings. The summed E-state index contributed by atoms with van der Waals surface area (Å²) in [6.45, 7) is 7.54. The van der Waals surface area contributed by atoms with Gasteiger partial charge in [-0.25, -0.2) is 8.42 Å². The molecule has 2 N–H and O–H groups in total. The molecule has 1 unspecified atom stereocenters. The van der Waals surface area contributed by atoms with Gasteiger partial charge in [-0.3, -0.25) is 9.52 Å². The van der Waals surface area contributed by atoms with Gasteiger partial charge in [-0.2, -0.15) is 0 Å². The molecule has 1 amide bonds. The molecule has 0 fully saturated rings. The van der Waals surface area contributed by atoms with Crippen LogP contribution < -0.4 is 14.8 Å². The number of carbonyl (C=O) groups excluding carboxylic acids is 1. The maximum absolute atomic E-state index is 12.6. The summed E-state index contributed by atoms with van der Waals surface area (Å²) in [5.41, 5.74) is 2.37. The van der Waals surface area contributed by atoms with Gasteiger partial charge >= 0.3 is 0 Å². The minimum atomic E-state index is -3.70. The topological polar surface area (TPSA) is 84.5 Å². The molecule has 0 aromatic heterocycles. The van der Waals surface area contributed by atoms with E-state index in [1.165, 1.54) is 24.3 Å². The van der Waals surface area contributed by atoms with Crippen LogP contribution in [0.5, 0.6) is 5.75 Å². The second-order valence-electron chi connectivity index (χ2n) is 6.56. The molecule has 0 spiro atoms. The smallest absolute Gasteiger partial charge is 0.261 e. The Hall–Kier alpha value is -2.54. The maximum Gasteiger partial charge on any atom is 0.261 e. The first kappa shape index (κ1) is 20.8. The number of ether oxygens (including phenoxy) is 1. The standard InChI is InChI=1S/C20H26N2O4S/c1-5-16(4)21-20(23)13-26-17-8-10-18(11-9-17)27(24,25)22-19-12-14(2)6-7-15(19)3/h6-12,16,22H,5,13H2,1-4H3,(H,21,23). The van der Waals surface area contributed by atoms with E-state index in [9.17, 15) is 13.2 Å². The monoisotopic (exact) mass is 390 g/mol. The first-order chi connectivity index (χ1) is 12.7. The fraction of sp³-hybridized carbons (Fsp3) is 0.350. The quantitative estimate of drug-likeness (QED) is 0.723. The highest BCUT2D eigenvalue weighted by Gasteiger charge is 2.16. The lowest BCUT2D eigenvalue weighted by molar-refractivity contribution is -0.123. The summed E-state index contributed by atoms with van der Waals surface area (Å²) >= 11 is 0. The first-order valence-electron chi connectivity index (χ1n) is 8.83. The third-order valence-corrected chi connectivity index (χ3v) is 5.54. The van der Waals surface area contributed by atoms with Crippen molar-refractivity contribution in [3.8, 4) is 5.75 Å². The number of hydrogen-bond donors (Lipinski definition) is 2. The van der Waals surface area contributed by atoms with Crippen molar-refractivity contribution in [3.05, 3.63) is 53.6 Å². The van der Waals surface area contributed by atoms with Gasteiger partial charge in [0.25, 0.3) is 15.9 Å². The van der Waals surface area contributed by atoms with E-state index in [1.807, 2.05) is 39.8 Å². The van der Waals surface area contributed by atoms with E-state index in [-0.39, 0.29) is 23.5 Å². The van der Waals surface area contributed by atoms with Crippen LogP contribution in [0.1, 0.15) is 31.4 Å². The van der Waals surface area contributed by atoms with Gasteiger partial charge in [0.15, 0.2) is 6.61 Å². The molecule has 0 heterocycles. The van der Waals surface area contributed by atoms with Crippen LogP contribution in [-0.2, 0) is 14.8 Å². The Kier molecular flexibility index (Phi) is 6.85. The van der Waals surface area contributed by atoms with Crippen molar-refractivity contribution in [2.24, 2.45) is 0 Å². The number of sulfonamides is 1. The number of carbonyl (C=O) groups is 1. The lowest BCUT2D eigenvalue weighted by atomic mass is 10.1. The van der Waals surface area contributed by atoms with Crippen molar-refractivity contribution in [3.63, 3.8) is 0 Å². The van der Waals surface area contributed by atoms with Gasteiger partial charge in [-0.15, -0.1) is 0 Å². The van der Waals surface area contributed by atoms with E-state index < -0.39 is 10.0 Å².